The maximum Gasteiger partial charge on any atom is 0.322 e. The van der Waals surface area contributed by atoms with Crippen LogP contribution in [-0.4, -0.2) is 66.0 Å². The van der Waals surface area contributed by atoms with Crippen LogP contribution in [0.2, 0.25) is 0 Å². The Bertz CT molecular complexity index is 872. The predicted octanol–water partition coefficient (Wildman–Crippen LogP) is -1.17. The van der Waals surface area contributed by atoms with Gasteiger partial charge in [-0.3, -0.25) is 24.2 Å². The van der Waals surface area contributed by atoms with E-state index in [0.717, 1.165) is 5.56 Å². The van der Waals surface area contributed by atoms with Gasteiger partial charge in [-0.15, -0.1) is 0 Å². The summed E-state index contributed by atoms with van der Waals surface area (Å²) in [6, 6.07) is 6.42. The molecule has 3 unspecified atom stereocenters. The molecule has 12 nitrogen and oxygen atoms in total. The van der Waals surface area contributed by atoms with Crippen LogP contribution in [0.3, 0.4) is 0 Å². The second kappa shape index (κ2) is 15.3. The molecule has 35 heavy (non-hydrogen) atoms. The monoisotopic (exact) mass is 491 g/mol. The minimum atomic E-state index is -1.22. The lowest BCUT2D eigenvalue weighted by molar-refractivity contribution is -0.138. The van der Waals surface area contributed by atoms with Gasteiger partial charge in [0, 0.05) is 6.54 Å². The summed E-state index contributed by atoms with van der Waals surface area (Å²) in [6.45, 7) is 3.41. The van der Waals surface area contributed by atoms with Gasteiger partial charge in [-0.05, 0) is 37.2 Å². The van der Waals surface area contributed by atoms with Crippen LogP contribution in [-0.2, 0) is 25.6 Å². The first kappa shape index (κ1) is 29.4. The topological polar surface area (TPSA) is 215 Å². The van der Waals surface area contributed by atoms with Crippen LogP contribution < -0.4 is 33.2 Å². The second-order valence-electron chi connectivity index (χ2n) is 8.61. The normalized spacial score (nSPS) is 13.3. The highest BCUT2D eigenvalue weighted by molar-refractivity contribution is 5.93. The van der Waals surface area contributed by atoms with Gasteiger partial charge in [0.2, 0.25) is 17.7 Å². The molecule has 3 atom stereocenters. The van der Waals surface area contributed by atoms with E-state index in [-0.39, 0.29) is 24.8 Å². The molecule has 0 spiro atoms. The number of guanidine groups is 1. The van der Waals surface area contributed by atoms with Crippen LogP contribution in [0.1, 0.15) is 38.7 Å². The maximum atomic E-state index is 13.1. The van der Waals surface area contributed by atoms with Gasteiger partial charge in [-0.2, -0.15) is 0 Å². The fraction of sp³-hybridized carbons (Fsp3) is 0.522. The van der Waals surface area contributed by atoms with Gasteiger partial charge < -0.3 is 38.3 Å². The first-order valence-electron chi connectivity index (χ1n) is 11.4. The molecule has 1 aromatic carbocycles. The van der Waals surface area contributed by atoms with Crippen LogP contribution in [0.5, 0.6) is 0 Å². The Labute approximate surface area is 205 Å². The third kappa shape index (κ3) is 12.4. The van der Waals surface area contributed by atoms with Crippen molar-refractivity contribution in [1.82, 2.24) is 16.0 Å². The lowest BCUT2D eigenvalue weighted by Gasteiger charge is -2.25. The number of aliphatic imine (C=N–C) groups is 1. The number of carboxylic acids is 1. The van der Waals surface area contributed by atoms with Gasteiger partial charge >= 0.3 is 5.97 Å². The zero-order valence-electron chi connectivity index (χ0n) is 20.2. The third-order valence-corrected chi connectivity index (χ3v) is 4.97. The molecule has 1 rings (SSSR count). The molecule has 0 heterocycles. The summed E-state index contributed by atoms with van der Waals surface area (Å²) in [5, 5.41) is 16.4. The number of carboxylic acid groups (broad SMARTS) is 1. The van der Waals surface area contributed by atoms with Gasteiger partial charge in [-0.25, -0.2) is 0 Å². The average molecular weight is 492 g/mol. The summed E-state index contributed by atoms with van der Waals surface area (Å²) in [5.74, 6) is -3.00. The highest BCUT2D eigenvalue weighted by atomic mass is 16.4. The van der Waals surface area contributed by atoms with Crippen molar-refractivity contribution < 1.29 is 24.3 Å². The average Bonchev–Trinajstić information content (AvgIpc) is 2.78. The lowest BCUT2D eigenvalue weighted by Crippen LogP contribution is -2.56. The van der Waals surface area contributed by atoms with E-state index in [9.17, 15) is 19.2 Å². The molecular formula is C23H37N7O5. The Morgan fingerprint density at radius 1 is 0.971 bits per heavy atom. The van der Waals surface area contributed by atoms with Crippen molar-refractivity contribution in [1.29, 1.82) is 0 Å². The second-order valence-corrected chi connectivity index (χ2v) is 8.61. The number of carbonyl (C=O) groups is 4. The number of aliphatic carboxylic acids is 1. The van der Waals surface area contributed by atoms with Crippen molar-refractivity contribution in [3.05, 3.63) is 35.9 Å². The number of amides is 3. The number of rotatable bonds is 15. The Kier molecular flexibility index (Phi) is 12.8. The van der Waals surface area contributed by atoms with Gasteiger partial charge in [0.05, 0.1) is 6.04 Å². The van der Waals surface area contributed by atoms with Gasteiger partial charge in [0.15, 0.2) is 5.96 Å². The molecule has 3 amide bonds. The highest BCUT2D eigenvalue weighted by Crippen LogP contribution is 2.08. The molecule has 0 bridgehead atoms. The van der Waals surface area contributed by atoms with Gasteiger partial charge in [0.1, 0.15) is 18.6 Å². The van der Waals surface area contributed by atoms with Crippen LogP contribution in [0.15, 0.2) is 35.3 Å². The highest BCUT2D eigenvalue weighted by Gasteiger charge is 2.28. The number of hydrogen-bond donors (Lipinski definition) is 7. The van der Waals surface area contributed by atoms with Gasteiger partial charge in [0.25, 0.3) is 0 Å². The SMILES string of the molecule is CC(C)CC(NC(=O)C(N)Cc1ccccc1)C(=O)NC(CCCN=C(N)N)C(=O)NCC(=O)O. The summed E-state index contributed by atoms with van der Waals surface area (Å²) in [6.07, 6.45) is 1.12. The van der Waals surface area contributed by atoms with Crippen molar-refractivity contribution in [2.45, 2.75) is 57.7 Å². The number of carbonyl (C=O) groups excluding carboxylic acids is 3. The molecule has 10 N–H and O–H groups in total. The zero-order valence-corrected chi connectivity index (χ0v) is 20.2. The summed E-state index contributed by atoms with van der Waals surface area (Å²) < 4.78 is 0. The van der Waals surface area contributed by atoms with Crippen molar-refractivity contribution in [2.24, 2.45) is 28.1 Å². The molecule has 0 aliphatic carbocycles. The van der Waals surface area contributed by atoms with Crippen LogP contribution in [0.25, 0.3) is 0 Å². The number of benzene rings is 1. The number of hydrogen-bond acceptors (Lipinski definition) is 6. The Balaban J connectivity index is 2.88. The number of nitrogens with two attached hydrogens (primary N) is 3. The Hall–Kier alpha value is -3.67. The molecule has 0 saturated carbocycles. The standard InChI is InChI=1S/C23H37N7O5/c1-14(2)11-18(30-20(33)16(24)12-15-7-4-3-5-8-15)22(35)29-17(9-6-10-27-23(25)26)21(34)28-13-19(31)32/h3-5,7-8,14,16-18H,6,9-13,24H2,1-2H3,(H,28,34)(H,29,35)(H,30,33)(H,31,32)(H4,25,26,27). The molecule has 0 saturated heterocycles. The largest absolute Gasteiger partial charge is 0.480 e. The Morgan fingerprint density at radius 3 is 2.17 bits per heavy atom. The molecule has 0 aliphatic heterocycles. The predicted molar refractivity (Wildman–Crippen MR) is 132 cm³/mol. The number of nitrogens with one attached hydrogen (secondary N) is 3. The molecule has 12 heteroatoms. The van der Waals surface area contributed by atoms with Gasteiger partial charge in [-0.1, -0.05) is 44.2 Å². The molecular weight excluding hydrogens is 454 g/mol. The van der Waals surface area contributed by atoms with Crippen LogP contribution >= 0.6 is 0 Å². The summed E-state index contributed by atoms with van der Waals surface area (Å²) >= 11 is 0. The van der Waals surface area contributed by atoms with Crippen LogP contribution in [0.4, 0.5) is 0 Å². The maximum absolute atomic E-state index is 13.1. The van der Waals surface area contributed by atoms with E-state index in [1.54, 1.807) is 0 Å². The summed E-state index contributed by atoms with van der Waals surface area (Å²) in [4.78, 5) is 52.9. The van der Waals surface area contributed by atoms with E-state index in [2.05, 4.69) is 20.9 Å². The van der Waals surface area contributed by atoms with Crippen molar-refractivity contribution in [3.63, 3.8) is 0 Å². The molecule has 1 aromatic rings. The minimum absolute atomic E-state index is 0.0533. The van der Waals surface area contributed by atoms with E-state index in [4.69, 9.17) is 22.3 Å². The van der Waals surface area contributed by atoms with Crippen molar-refractivity contribution >= 4 is 29.7 Å². The van der Waals surface area contributed by atoms with E-state index in [1.807, 2.05) is 44.2 Å². The smallest absolute Gasteiger partial charge is 0.322 e. The zero-order chi connectivity index (χ0) is 26.4. The summed E-state index contributed by atoms with van der Waals surface area (Å²) in [5.41, 5.74) is 17.5. The molecule has 194 valence electrons. The number of nitrogens with zero attached hydrogens (tertiary/aromatic N) is 1. The third-order valence-electron chi connectivity index (χ3n) is 4.97. The van der Waals surface area contributed by atoms with Crippen molar-refractivity contribution in [2.75, 3.05) is 13.1 Å². The quantitative estimate of drug-likeness (QED) is 0.0898. The van der Waals surface area contributed by atoms with Crippen LogP contribution in [0, 0.1) is 5.92 Å². The molecule has 0 aromatic heterocycles. The lowest BCUT2D eigenvalue weighted by atomic mass is 10.0. The van der Waals surface area contributed by atoms with E-state index in [1.165, 1.54) is 0 Å². The molecule has 0 fully saturated rings. The van der Waals surface area contributed by atoms with E-state index in [0.29, 0.717) is 19.3 Å². The molecule has 0 radical (unpaired) electrons. The van der Waals surface area contributed by atoms with E-state index >= 15 is 0 Å². The fourth-order valence-electron chi connectivity index (χ4n) is 3.27. The van der Waals surface area contributed by atoms with E-state index < -0.39 is 48.4 Å². The minimum Gasteiger partial charge on any atom is -0.480 e. The fourth-order valence-corrected chi connectivity index (χ4v) is 3.27. The first-order valence-corrected chi connectivity index (χ1v) is 11.4. The Morgan fingerprint density at radius 2 is 1.60 bits per heavy atom. The molecule has 0 aliphatic rings. The summed E-state index contributed by atoms with van der Waals surface area (Å²) in [7, 11) is 0. The van der Waals surface area contributed by atoms with Crippen molar-refractivity contribution in [3.8, 4) is 0 Å². The first-order chi connectivity index (χ1) is 16.5.